The minimum absolute atomic E-state index is 0.0693. The number of phenols is 1. The van der Waals surface area contributed by atoms with Crippen molar-refractivity contribution in [2.45, 2.75) is 89.7 Å². The quantitative estimate of drug-likeness (QED) is 0.760. The summed E-state index contributed by atoms with van der Waals surface area (Å²) in [5, 5.41) is 14.1. The monoisotopic (exact) mass is 383 g/mol. The van der Waals surface area contributed by atoms with Crippen LogP contribution < -0.4 is 10.1 Å². The molecule has 2 N–H and O–H groups in total. The van der Waals surface area contributed by atoms with Crippen molar-refractivity contribution in [2.75, 3.05) is 0 Å². The maximum absolute atomic E-state index is 12.7. The Balaban J connectivity index is 1.68. The number of fused-ring (bicyclic) bond motifs is 3. The van der Waals surface area contributed by atoms with Gasteiger partial charge in [0.1, 0.15) is 17.1 Å². The van der Waals surface area contributed by atoms with E-state index in [-0.39, 0.29) is 28.8 Å². The Labute approximate surface area is 168 Å². The second kappa shape index (κ2) is 6.53. The number of hydrogen-bond acceptors (Lipinski definition) is 3. The van der Waals surface area contributed by atoms with Crippen molar-refractivity contribution in [3.8, 4) is 11.5 Å². The maximum atomic E-state index is 12.7. The molecule has 0 aromatic heterocycles. The molecule has 4 heteroatoms. The summed E-state index contributed by atoms with van der Waals surface area (Å²) >= 11 is 0. The van der Waals surface area contributed by atoms with Crippen LogP contribution in [0.5, 0.6) is 11.5 Å². The fourth-order valence-corrected chi connectivity index (χ4v) is 4.84. The van der Waals surface area contributed by atoms with E-state index in [0.717, 1.165) is 41.7 Å². The normalized spacial score (nSPS) is 26.2. The molecule has 4 nitrogen and oxygen atoms in total. The van der Waals surface area contributed by atoms with Crippen molar-refractivity contribution in [3.63, 3.8) is 0 Å². The van der Waals surface area contributed by atoms with Crippen LogP contribution in [0.3, 0.4) is 0 Å². The van der Waals surface area contributed by atoms with Crippen LogP contribution in [0.2, 0.25) is 0 Å². The first-order valence-electron chi connectivity index (χ1n) is 10.6. The molecule has 1 amide bonds. The van der Waals surface area contributed by atoms with Gasteiger partial charge in [-0.05, 0) is 69.1 Å². The lowest BCUT2D eigenvalue weighted by molar-refractivity contribution is -0.119. The Morgan fingerprint density at radius 1 is 1.25 bits per heavy atom. The number of carbonyl (C=O) groups excluding carboxylic acids is 1. The van der Waals surface area contributed by atoms with E-state index < -0.39 is 0 Å². The smallest absolute Gasteiger partial charge is 0.247 e. The van der Waals surface area contributed by atoms with E-state index in [1.54, 1.807) is 0 Å². The highest BCUT2D eigenvalue weighted by Gasteiger charge is 2.47. The molecule has 0 bridgehead atoms. The molecule has 2 aliphatic carbocycles. The van der Waals surface area contributed by atoms with Crippen molar-refractivity contribution in [1.82, 2.24) is 5.32 Å². The largest absolute Gasteiger partial charge is 0.508 e. The fraction of sp³-hybridized carbons (Fsp3) is 0.625. The zero-order valence-corrected chi connectivity index (χ0v) is 17.8. The second-order valence-corrected chi connectivity index (χ2v) is 10.3. The molecule has 28 heavy (non-hydrogen) atoms. The number of phenolic OH excluding ortho intramolecular Hbond substituents is 1. The summed E-state index contributed by atoms with van der Waals surface area (Å²) in [5.41, 5.74) is 2.38. The van der Waals surface area contributed by atoms with E-state index in [1.165, 1.54) is 6.42 Å². The number of allylic oxidation sites excluding steroid dienone is 1. The summed E-state index contributed by atoms with van der Waals surface area (Å²) < 4.78 is 6.40. The molecule has 1 saturated carbocycles. The lowest BCUT2D eigenvalue weighted by atomic mass is 9.66. The Bertz CT molecular complexity index is 827. The Hall–Kier alpha value is -1.97. The first-order chi connectivity index (χ1) is 13.1. The highest BCUT2D eigenvalue weighted by Crippen LogP contribution is 2.54. The number of benzene rings is 1. The van der Waals surface area contributed by atoms with Crippen LogP contribution in [-0.4, -0.2) is 22.7 Å². The van der Waals surface area contributed by atoms with Gasteiger partial charge in [0, 0.05) is 29.0 Å². The van der Waals surface area contributed by atoms with Crippen LogP contribution in [0, 0.1) is 5.92 Å². The van der Waals surface area contributed by atoms with Gasteiger partial charge in [-0.3, -0.25) is 4.79 Å². The topological polar surface area (TPSA) is 58.6 Å². The van der Waals surface area contributed by atoms with Gasteiger partial charge in [-0.15, -0.1) is 0 Å². The zero-order valence-electron chi connectivity index (χ0n) is 17.8. The standard InChI is InChI=1S/C24H33NO3/c1-23(2,3)15-12-19(26)21-17-11-14(22(27)25-16-7-6-8-16)9-10-18(17)24(4,5)28-20(21)13-15/h9,12-13,16-18,26H,6-8,10-11H2,1-5H3,(H,25,27)/t17-,18-/m1/s1. The minimum atomic E-state index is -0.340. The Morgan fingerprint density at radius 3 is 2.57 bits per heavy atom. The molecular formula is C24H33NO3. The van der Waals surface area contributed by atoms with Gasteiger partial charge >= 0.3 is 0 Å². The lowest BCUT2D eigenvalue weighted by Crippen LogP contribution is -2.47. The third-order valence-corrected chi connectivity index (χ3v) is 6.90. The number of hydrogen-bond donors (Lipinski definition) is 2. The Morgan fingerprint density at radius 2 is 1.96 bits per heavy atom. The lowest BCUT2D eigenvalue weighted by Gasteiger charge is -2.47. The van der Waals surface area contributed by atoms with E-state index in [1.807, 2.05) is 6.07 Å². The van der Waals surface area contributed by atoms with Gasteiger partial charge in [-0.1, -0.05) is 26.8 Å². The molecule has 0 radical (unpaired) electrons. The van der Waals surface area contributed by atoms with Gasteiger partial charge in [0.15, 0.2) is 0 Å². The summed E-state index contributed by atoms with van der Waals surface area (Å²) in [7, 11) is 0. The predicted molar refractivity (Wildman–Crippen MR) is 111 cm³/mol. The number of amides is 1. The average molecular weight is 384 g/mol. The number of nitrogens with one attached hydrogen (secondary N) is 1. The first kappa shape index (κ1) is 19.4. The summed E-state index contributed by atoms with van der Waals surface area (Å²) in [4.78, 5) is 12.7. The molecule has 2 atom stereocenters. The molecule has 1 heterocycles. The molecule has 152 valence electrons. The molecule has 0 spiro atoms. The summed E-state index contributed by atoms with van der Waals surface area (Å²) in [6.07, 6.45) is 6.93. The third-order valence-electron chi connectivity index (χ3n) is 6.90. The van der Waals surface area contributed by atoms with Crippen molar-refractivity contribution in [1.29, 1.82) is 0 Å². The van der Waals surface area contributed by atoms with Crippen LogP contribution in [0.25, 0.3) is 0 Å². The van der Waals surface area contributed by atoms with Gasteiger partial charge in [-0.25, -0.2) is 0 Å². The SMILES string of the molecule is CC(C)(C)c1cc(O)c2c(c1)OC(C)(C)[C@@H]1CC=C(C(=O)NC3CCC3)C[C@@H]21. The van der Waals surface area contributed by atoms with Gasteiger partial charge in [-0.2, -0.15) is 0 Å². The number of aromatic hydroxyl groups is 1. The summed E-state index contributed by atoms with van der Waals surface area (Å²) in [6, 6.07) is 4.30. The van der Waals surface area contributed by atoms with Gasteiger partial charge in [0.05, 0.1) is 0 Å². The molecule has 1 aromatic carbocycles. The van der Waals surface area contributed by atoms with Crippen molar-refractivity contribution in [3.05, 3.63) is 34.9 Å². The molecule has 0 unspecified atom stereocenters. The third kappa shape index (κ3) is 3.31. The minimum Gasteiger partial charge on any atom is -0.508 e. The molecule has 4 rings (SSSR count). The summed E-state index contributed by atoms with van der Waals surface area (Å²) in [5.74, 6) is 1.48. The van der Waals surface area contributed by atoms with E-state index in [9.17, 15) is 9.90 Å². The molecule has 3 aliphatic rings. The van der Waals surface area contributed by atoms with E-state index in [0.29, 0.717) is 18.2 Å². The molecular weight excluding hydrogens is 350 g/mol. The number of carbonyl (C=O) groups is 1. The highest BCUT2D eigenvalue weighted by atomic mass is 16.5. The van der Waals surface area contributed by atoms with E-state index >= 15 is 0 Å². The molecule has 1 aliphatic heterocycles. The van der Waals surface area contributed by atoms with Crippen molar-refractivity contribution in [2.24, 2.45) is 5.92 Å². The molecule has 1 fully saturated rings. The van der Waals surface area contributed by atoms with Gasteiger partial charge < -0.3 is 15.2 Å². The predicted octanol–water partition coefficient (Wildman–Crippen LogP) is 4.95. The average Bonchev–Trinajstić information content (AvgIpc) is 2.55. The van der Waals surface area contributed by atoms with Crippen molar-refractivity contribution < 1.29 is 14.6 Å². The van der Waals surface area contributed by atoms with E-state index in [2.05, 4.69) is 52.1 Å². The highest BCUT2D eigenvalue weighted by molar-refractivity contribution is 5.94. The van der Waals surface area contributed by atoms with Crippen LogP contribution >= 0.6 is 0 Å². The number of ether oxygens (including phenoxy) is 1. The van der Waals surface area contributed by atoms with E-state index in [4.69, 9.17) is 4.74 Å². The van der Waals surface area contributed by atoms with Crippen LogP contribution in [-0.2, 0) is 10.2 Å². The fourth-order valence-electron chi connectivity index (χ4n) is 4.84. The van der Waals surface area contributed by atoms with Crippen LogP contribution in [0.15, 0.2) is 23.8 Å². The zero-order chi connectivity index (χ0) is 20.3. The number of rotatable bonds is 2. The maximum Gasteiger partial charge on any atom is 0.247 e. The van der Waals surface area contributed by atoms with Crippen molar-refractivity contribution >= 4 is 5.91 Å². The van der Waals surface area contributed by atoms with Crippen LogP contribution in [0.4, 0.5) is 0 Å². The first-order valence-corrected chi connectivity index (χ1v) is 10.6. The second-order valence-electron chi connectivity index (χ2n) is 10.3. The Kier molecular flexibility index (Phi) is 4.52. The molecule has 1 aromatic rings. The van der Waals surface area contributed by atoms with Gasteiger partial charge in [0.2, 0.25) is 5.91 Å². The van der Waals surface area contributed by atoms with Gasteiger partial charge in [0.25, 0.3) is 0 Å². The molecule has 0 saturated heterocycles. The summed E-state index contributed by atoms with van der Waals surface area (Å²) in [6.45, 7) is 10.7. The van der Waals surface area contributed by atoms with Crippen LogP contribution in [0.1, 0.15) is 83.8 Å².